The number of fused-ring (bicyclic) bond motifs is 1. The number of likely N-dealkylation sites (tertiary alicyclic amines) is 1. The van der Waals surface area contributed by atoms with Crippen molar-refractivity contribution in [1.29, 1.82) is 0 Å². The molecule has 1 saturated heterocycles. The average Bonchev–Trinajstić information content (AvgIpc) is 3.20. The average molecular weight is 428 g/mol. The minimum absolute atomic E-state index is 0.161. The van der Waals surface area contributed by atoms with Gasteiger partial charge in [-0.3, -0.25) is 14.0 Å². The van der Waals surface area contributed by atoms with Gasteiger partial charge >= 0.3 is 0 Å². The van der Waals surface area contributed by atoms with Gasteiger partial charge in [-0.2, -0.15) is 0 Å². The SMILES string of the molecule is C[C@@H]1CCCCN1CCNC(=O)c1ccc2c(c1)N(S(=O)(=O)c1ccccc1)CC2. The van der Waals surface area contributed by atoms with Gasteiger partial charge in [0.1, 0.15) is 0 Å². The molecule has 2 aliphatic rings. The van der Waals surface area contributed by atoms with Crippen molar-refractivity contribution >= 4 is 21.6 Å². The van der Waals surface area contributed by atoms with Crippen molar-refractivity contribution in [2.24, 2.45) is 0 Å². The monoisotopic (exact) mass is 427 g/mol. The number of piperidine rings is 1. The number of carbonyl (C=O) groups excluding carboxylic acids is 1. The quantitative estimate of drug-likeness (QED) is 0.769. The second-order valence-corrected chi connectivity index (χ2v) is 9.98. The number of sulfonamides is 1. The molecule has 2 aromatic carbocycles. The molecule has 0 unspecified atom stereocenters. The minimum atomic E-state index is -3.64. The van der Waals surface area contributed by atoms with E-state index in [2.05, 4.69) is 17.1 Å². The Balaban J connectivity index is 1.45. The summed E-state index contributed by atoms with van der Waals surface area (Å²) in [6, 6.07) is 14.4. The normalized spacial score (nSPS) is 19.5. The molecule has 0 radical (unpaired) electrons. The molecule has 2 aliphatic heterocycles. The zero-order chi connectivity index (χ0) is 21.1. The Morgan fingerprint density at radius 1 is 1.10 bits per heavy atom. The highest BCUT2D eigenvalue weighted by Gasteiger charge is 2.31. The van der Waals surface area contributed by atoms with Gasteiger partial charge in [0, 0.05) is 31.2 Å². The Hall–Kier alpha value is -2.38. The van der Waals surface area contributed by atoms with Crippen LogP contribution in [-0.4, -0.2) is 51.4 Å². The van der Waals surface area contributed by atoms with Crippen LogP contribution in [0, 0.1) is 0 Å². The van der Waals surface area contributed by atoms with Crippen LogP contribution >= 0.6 is 0 Å². The third-order valence-electron chi connectivity index (χ3n) is 6.16. The zero-order valence-electron chi connectivity index (χ0n) is 17.4. The predicted octanol–water partition coefficient (Wildman–Crippen LogP) is 3.04. The van der Waals surface area contributed by atoms with Gasteiger partial charge in [0.2, 0.25) is 0 Å². The van der Waals surface area contributed by atoms with E-state index in [1.165, 1.54) is 23.6 Å². The molecule has 0 bridgehead atoms. The van der Waals surface area contributed by atoms with Crippen LogP contribution in [0.1, 0.15) is 42.1 Å². The van der Waals surface area contributed by atoms with E-state index < -0.39 is 10.0 Å². The van der Waals surface area contributed by atoms with Crippen LogP contribution in [0.4, 0.5) is 5.69 Å². The number of nitrogens with one attached hydrogen (secondary N) is 1. The van der Waals surface area contributed by atoms with E-state index in [1.54, 1.807) is 42.5 Å². The van der Waals surface area contributed by atoms with Gasteiger partial charge in [-0.05, 0) is 62.6 Å². The van der Waals surface area contributed by atoms with Crippen LogP contribution in [0.3, 0.4) is 0 Å². The Labute approximate surface area is 178 Å². The lowest BCUT2D eigenvalue weighted by atomic mass is 10.0. The van der Waals surface area contributed by atoms with Crippen molar-refractivity contribution in [3.8, 4) is 0 Å². The summed E-state index contributed by atoms with van der Waals surface area (Å²) in [4.78, 5) is 15.4. The summed E-state index contributed by atoms with van der Waals surface area (Å²) in [5, 5.41) is 2.99. The number of hydrogen-bond acceptors (Lipinski definition) is 4. The molecule has 7 heteroatoms. The summed E-state index contributed by atoms with van der Waals surface area (Å²) in [6.07, 6.45) is 4.36. The Morgan fingerprint density at radius 2 is 1.90 bits per heavy atom. The van der Waals surface area contributed by atoms with Crippen LogP contribution in [0.2, 0.25) is 0 Å². The lowest BCUT2D eigenvalue weighted by Crippen LogP contribution is -2.42. The van der Waals surface area contributed by atoms with E-state index in [1.807, 2.05) is 6.07 Å². The number of benzene rings is 2. The van der Waals surface area contributed by atoms with Crippen LogP contribution in [-0.2, 0) is 16.4 Å². The van der Waals surface area contributed by atoms with Crippen molar-refractivity contribution in [2.45, 2.75) is 43.5 Å². The van der Waals surface area contributed by atoms with Gasteiger partial charge in [0.15, 0.2) is 0 Å². The first kappa shape index (κ1) is 20.9. The van der Waals surface area contributed by atoms with Crippen molar-refractivity contribution in [3.05, 3.63) is 59.7 Å². The maximum Gasteiger partial charge on any atom is 0.264 e. The van der Waals surface area contributed by atoms with Crippen LogP contribution in [0.25, 0.3) is 0 Å². The maximum atomic E-state index is 13.1. The molecule has 160 valence electrons. The Bertz CT molecular complexity index is 1010. The largest absolute Gasteiger partial charge is 0.351 e. The van der Waals surface area contributed by atoms with Crippen molar-refractivity contribution in [1.82, 2.24) is 10.2 Å². The lowest BCUT2D eigenvalue weighted by molar-refractivity contribution is 0.0938. The van der Waals surface area contributed by atoms with Gasteiger partial charge in [-0.25, -0.2) is 8.42 Å². The molecule has 4 rings (SSSR count). The summed E-state index contributed by atoms with van der Waals surface area (Å²) in [6.45, 7) is 5.15. The van der Waals surface area contributed by atoms with E-state index in [4.69, 9.17) is 0 Å². The van der Waals surface area contributed by atoms with Gasteiger partial charge in [-0.1, -0.05) is 30.7 Å². The van der Waals surface area contributed by atoms with E-state index in [0.717, 1.165) is 18.7 Å². The molecule has 1 amide bonds. The Morgan fingerprint density at radius 3 is 2.67 bits per heavy atom. The number of carbonyl (C=O) groups is 1. The summed E-state index contributed by atoms with van der Waals surface area (Å²) in [7, 11) is -3.64. The third kappa shape index (κ3) is 4.23. The highest BCUT2D eigenvalue weighted by molar-refractivity contribution is 7.92. The molecule has 1 N–H and O–H groups in total. The van der Waals surface area contributed by atoms with E-state index in [-0.39, 0.29) is 10.8 Å². The van der Waals surface area contributed by atoms with Crippen molar-refractivity contribution in [3.63, 3.8) is 0 Å². The lowest BCUT2D eigenvalue weighted by Gasteiger charge is -2.33. The van der Waals surface area contributed by atoms with E-state index in [0.29, 0.717) is 36.8 Å². The van der Waals surface area contributed by atoms with Gasteiger partial charge in [0.25, 0.3) is 15.9 Å². The molecular formula is C23H29N3O3S. The third-order valence-corrected chi connectivity index (χ3v) is 7.98. The fraction of sp³-hybridized carbons (Fsp3) is 0.435. The molecule has 2 heterocycles. The van der Waals surface area contributed by atoms with Crippen LogP contribution in [0.5, 0.6) is 0 Å². The van der Waals surface area contributed by atoms with Gasteiger partial charge in [0.05, 0.1) is 10.6 Å². The molecule has 0 aromatic heterocycles. The number of hydrogen-bond donors (Lipinski definition) is 1. The summed E-state index contributed by atoms with van der Waals surface area (Å²) in [5.74, 6) is -0.161. The molecule has 6 nitrogen and oxygen atoms in total. The second-order valence-electron chi connectivity index (χ2n) is 8.12. The number of nitrogens with zero attached hydrogens (tertiary/aromatic N) is 2. The number of anilines is 1. The van der Waals surface area contributed by atoms with Crippen LogP contribution in [0.15, 0.2) is 53.4 Å². The van der Waals surface area contributed by atoms with Crippen molar-refractivity contribution in [2.75, 3.05) is 30.5 Å². The minimum Gasteiger partial charge on any atom is -0.351 e. The molecule has 0 saturated carbocycles. The molecule has 0 aliphatic carbocycles. The first-order chi connectivity index (χ1) is 14.5. The second kappa shape index (κ2) is 8.78. The summed E-state index contributed by atoms with van der Waals surface area (Å²) < 4.78 is 27.6. The maximum absolute atomic E-state index is 13.1. The fourth-order valence-corrected chi connectivity index (χ4v) is 5.88. The molecular weight excluding hydrogens is 398 g/mol. The zero-order valence-corrected chi connectivity index (χ0v) is 18.2. The standard InChI is InChI=1S/C23H29N3O3S/c1-18-7-5-6-14-25(18)16-13-24-23(27)20-11-10-19-12-15-26(22(19)17-20)30(28,29)21-8-3-2-4-9-21/h2-4,8-11,17-18H,5-7,12-16H2,1H3,(H,24,27)/t18-/m1/s1. The first-order valence-electron chi connectivity index (χ1n) is 10.7. The Kier molecular flexibility index (Phi) is 6.11. The molecule has 2 aromatic rings. The van der Waals surface area contributed by atoms with E-state index >= 15 is 0 Å². The summed E-state index contributed by atoms with van der Waals surface area (Å²) in [5.41, 5.74) is 2.06. The highest BCUT2D eigenvalue weighted by atomic mass is 32.2. The van der Waals surface area contributed by atoms with Gasteiger partial charge in [-0.15, -0.1) is 0 Å². The number of rotatable bonds is 6. The molecule has 1 fully saturated rings. The summed E-state index contributed by atoms with van der Waals surface area (Å²) >= 11 is 0. The smallest absolute Gasteiger partial charge is 0.264 e. The first-order valence-corrected chi connectivity index (χ1v) is 12.1. The van der Waals surface area contributed by atoms with Crippen molar-refractivity contribution < 1.29 is 13.2 Å². The van der Waals surface area contributed by atoms with Crippen LogP contribution < -0.4 is 9.62 Å². The van der Waals surface area contributed by atoms with Gasteiger partial charge < -0.3 is 5.32 Å². The number of amides is 1. The van der Waals surface area contributed by atoms with E-state index in [9.17, 15) is 13.2 Å². The molecule has 1 atom stereocenters. The molecule has 30 heavy (non-hydrogen) atoms. The predicted molar refractivity (Wildman–Crippen MR) is 118 cm³/mol. The topological polar surface area (TPSA) is 69.7 Å². The fourth-order valence-electron chi connectivity index (χ4n) is 4.37. The highest BCUT2D eigenvalue weighted by Crippen LogP contribution is 2.33. The molecule has 0 spiro atoms.